The number of hydrogen-bond donors (Lipinski definition) is 2. The number of carbonyl (C=O) groups excluding carboxylic acids is 1. The highest BCUT2D eigenvalue weighted by atomic mass is 16.5. The molecule has 130 valence electrons. The van der Waals surface area contributed by atoms with Crippen molar-refractivity contribution in [2.45, 2.75) is 39.3 Å². The lowest BCUT2D eigenvalue weighted by Crippen LogP contribution is -2.40. The van der Waals surface area contributed by atoms with Crippen molar-refractivity contribution < 1.29 is 9.53 Å². The maximum Gasteiger partial charge on any atom is 0.249 e. The third-order valence-electron chi connectivity index (χ3n) is 4.16. The van der Waals surface area contributed by atoms with Crippen LogP contribution in [-0.2, 0) is 9.53 Å². The van der Waals surface area contributed by atoms with E-state index in [2.05, 4.69) is 43.4 Å². The lowest BCUT2D eigenvalue weighted by molar-refractivity contribution is -0.132. The van der Waals surface area contributed by atoms with E-state index in [1.54, 1.807) is 6.92 Å². The van der Waals surface area contributed by atoms with Crippen LogP contribution in [0.25, 0.3) is 10.8 Å². The molecule has 4 heteroatoms. The highest BCUT2D eigenvalue weighted by molar-refractivity contribution is 5.84. The predicted molar refractivity (Wildman–Crippen MR) is 98.8 cm³/mol. The van der Waals surface area contributed by atoms with Crippen molar-refractivity contribution in [3.05, 3.63) is 48.0 Å². The summed E-state index contributed by atoms with van der Waals surface area (Å²) in [6.45, 7) is 7.00. The van der Waals surface area contributed by atoms with Gasteiger partial charge in [-0.3, -0.25) is 4.79 Å². The average Bonchev–Trinajstić information content (AvgIpc) is 2.58. The van der Waals surface area contributed by atoms with Gasteiger partial charge in [-0.25, -0.2) is 0 Å². The second-order valence-corrected chi connectivity index (χ2v) is 6.60. The Labute approximate surface area is 144 Å². The fraction of sp³-hybridized carbons (Fsp3) is 0.450. The van der Waals surface area contributed by atoms with Gasteiger partial charge >= 0.3 is 0 Å². The number of carbonyl (C=O) groups is 1. The molecule has 0 saturated carbocycles. The number of nitrogens with two attached hydrogens (primary N) is 1. The Kier molecular flexibility index (Phi) is 6.76. The zero-order chi connectivity index (χ0) is 17.5. The van der Waals surface area contributed by atoms with Crippen LogP contribution in [0.4, 0.5) is 0 Å². The highest BCUT2D eigenvalue weighted by Crippen LogP contribution is 2.20. The van der Waals surface area contributed by atoms with Crippen LogP contribution >= 0.6 is 0 Å². The molecule has 0 aliphatic heterocycles. The third kappa shape index (κ3) is 5.05. The standard InChI is InChI=1S/C20H28N2O2/c1-14(2)10-11-24-15(3)20(23)22-19(13-21)18-9-8-16-6-4-5-7-17(16)12-18/h4-9,12,14-15,19H,10-11,13,21H2,1-3H3,(H,22,23). The van der Waals surface area contributed by atoms with Crippen LogP contribution in [0, 0.1) is 5.92 Å². The van der Waals surface area contributed by atoms with Gasteiger partial charge in [-0.15, -0.1) is 0 Å². The summed E-state index contributed by atoms with van der Waals surface area (Å²) in [6.07, 6.45) is 0.473. The molecule has 1 amide bonds. The second-order valence-electron chi connectivity index (χ2n) is 6.60. The van der Waals surface area contributed by atoms with Gasteiger partial charge in [0.15, 0.2) is 0 Å². The summed E-state index contributed by atoms with van der Waals surface area (Å²) in [4.78, 5) is 12.3. The molecule has 2 aromatic rings. The Morgan fingerprint density at radius 3 is 2.50 bits per heavy atom. The number of hydrogen-bond acceptors (Lipinski definition) is 3. The van der Waals surface area contributed by atoms with Gasteiger partial charge < -0.3 is 15.8 Å². The van der Waals surface area contributed by atoms with E-state index in [1.165, 1.54) is 5.39 Å². The summed E-state index contributed by atoms with van der Waals surface area (Å²) >= 11 is 0. The number of rotatable bonds is 8. The topological polar surface area (TPSA) is 64.3 Å². The Balaban J connectivity index is 2.00. The van der Waals surface area contributed by atoms with Crippen LogP contribution in [0.3, 0.4) is 0 Å². The number of amides is 1. The Bertz CT molecular complexity index is 669. The summed E-state index contributed by atoms with van der Waals surface area (Å²) < 4.78 is 5.61. The van der Waals surface area contributed by atoms with Gasteiger partial charge in [0.2, 0.25) is 5.91 Å². The zero-order valence-electron chi connectivity index (χ0n) is 14.8. The first kappa shape index (κ1) is 18.4. The minimum absolute atomic E-state index is 0.123. The predicted octanol–water partition coefficient (Wildman–Crippen LogP) is 3.41. The molecule has 2 aromatic carbocycles. The van der Waals surface area contributed by atoms with Crippen LogP contribution in [0.2, 0.25) is 0 Å². The first-order chi connectivity index (χ1) is 11.5. The molecular weight excluding hydrogens is 300 g/mol. The van der Waals surface area contributed by atoms with Crippen molar-refractivity contribution in [1.82, 2.24) is 5.32 Å². The minimum Gasteiger partial charge on any atom is -0.369 e. The third-order valence-corrected chi connectivity index (χ3v) is 4.16. The van der Waals surface area contributed by atoms with Gasteiger partial charge in [0.1, 0.15) is 6.10 Å². The van der Waals surface area contributed by atoms with E-state index in [1.807, 2.05) is 18.2 Å². The van der Waals surface area contributed by atoms with E-state index >= 15 is 0 Å². The molecule has 2 rings (SSSR count). The molecular formula is C20H28N2O2. The molecule has 3 N–H and O–H groups in total. The van der Waals surface area contributed by atoms with Gasteiger partial charge in [-0.1, -0.05) is 50.2 Å². The second kappa shape index (κ2) is 8.81. The molecule has 0 bridgehead atoms. The van der Waals surface area contributed by atoms with Crippen LogP contribution in [-0.4, -0.2) is 25.2 Å². The minimum atomic E-state index is -0.474. The molecule has 0 aromatic heterocycles. The van der Waals surface area contributed by atoms with E-state index < -0.39 is 6.10 Å². The monoisotopic (exact) mass is 328 g/mol. The van der Waals surface area contributed by atoms with Crippen LogP contribution < -0.4 is 11.1 Å². The summed E-state index contributed by atoms with van der Waals surface area (Å²) in [5.74, 6) is 0.442. The van der Waals surface area contributed by atoms with Crippen molar-refractivity contribution in [2.75, 3.05) is 13.2 Å². The van der Waals surface area contributed by atoms with Crippen molar-refractivity contribution >= 4 is 16.7 Å². The Hall–Kier alpha value is -1.91. The summed E-state index contributed by atoms with van der Waals surface area (Å²) in [5.41, 5.74) is 6.89. The Morgan fingerprint density at radius 1 is 1.12 bits per heavy atom. The van der Waals surface area contributed by atoms with Gasteiger partial charge in [0, 0.05) is 13.2 Å². The maximum atomic E-state index is 12.3. The zero-order valence-corrected chi connectivity index (χ0v) is 14.8. The lowest BCUT2D eigenvalue weighted by atomic mass is 10.0. The molecule has 0 radical (unpaired) electrons. The normalized spacial score (nSPS) is 13.9. The summed E-state index contributed by atoms with van der Waals surface area (Å²) in [5, 5.41) is 5.31. The van der Waals surface area contributed by atoms with E-state index in [9.17, 15) is 4.79 Å². The van der Waals surface area contributed by atoms with Gasteiger partial charge in [-0.2, -0.15) is 0 Å². The van der Waals surface area contributed by atoms with E-state index in [4.69, 9.17) is 10.5 Å². The SMILES string of the molecule is CC(C)CCOC(C)C(=O)NC(CN)c1ccc2ccccc2c1. The fourth-order valence-electron chi connectivity index (χ4n) is 2.55. The summed E-state index contributed by atoms with van der Waals surface area (Å²) in [7, 11) is 0. The van der Waals surface area contributed by atoms with E-state index in [-0.39, 0.29) is 11.9 Å². The molecule has 0 fully saturated rings. The molecule has 0 aliphatic rings. The first-order valence-corrected chi connectivity index (χ1v) is 8.62. The highest BCUT2D eigenvalue weighted by Gasteiger charge is 2.18. The number of nitrogens with one attached hydrogen (secondary N) is 1. The molecule has 24 heavy (non-hydrogen) atoms. The van der Waals surface area contributed by atoms with Crippen molar-refractivity contribution in [1.29, 1.82) is 0 Å². The molecule has 0 saturated heterocycles. The van der Waals surface area contributed by atoms with Gasteiger partial charge in [0.05, 0.1) is 6.04 Å². The molecule has 0 heterocycles. The number of fused-ring (bicyclic) bond motifs is 1. The van der Waals surface area contributed by atoms with Crippen molar-refractivity contribution in [3.8, 4) is 0 Å². The van der Waals surface area contributed by atoms with Crippen LogP contribution in [0.15, 0.2) is 42.5 Å². The van der Waals surface area contributed by atoms with E-state index in [0.717, 1.165) is 17.4 Å². The average molecular weight is 328 g/mol. The number of benzene rings is 2. The first-order valence-electron chi connectivity index (χ1n) is 8.62. The van der Waals surface area contributed by atoms with Crippen LogP contribution in [0.5, 0.6) is 0 Å². The largest absolute Gasteiger partial charge is 0.369 e. The molecule has 4 nitrogen and oxygen atoms in total. The van der Waals surface area contributed by atoms with Crippen LogP contribution in [0.1, 0.15) is 38.8 Å². The van der Waals surface area contributed by atoms with Gasteiger partial charge in [-0.05, 0) is 41.7 Å². The summed E-state index contributed by atoms with van der Waals surface area (Å²) in [6, 6.07) is 14.1. The lowest BCUT2D eigenvalue weighted by Gasteiger charge is -2.21. The quantitative estimate of drug-likeness (QED) is 0.780. The van der Waals surface area contributed by atoms with Crippen molar-refractivity contribution in [2.24, 2.45) is 11.7 Å². The molecule has 0 aliphatic carbocycles. The van der Waals surface area contributed by atoms with Crippen molar-refractivity contribution in [3.63, 3.8) is 0 Å². The molecule has 2 atom stereocenters. The number of ether oxygens (including phenoxy) is 1. The smallest absolute Gasteiger partial charge is 0.249 e. The van der Waals surface area contributed by atoms with Gasteiger partial charge in [0.25, 0.3) is 0 Å². The maximum absolute atomic E-state index is 12.3. The molecule has 2 unspecified atom stereocenters. The fourth-order valence-corrected chi connectivity index (χ4v) is 2.55. The molecule has 0 spiro atoms. The Morgan fingerprint density at radius 2 is 1.83 bits per heavy atom. The van der Waals surface area contributed by atoms with E-state index in [0.29, 0.717) is 19.1 Å².